The molecule has 0 aliphatic carbocycles. The van der Waals surface area contributed by atoms with E-state index in [0.717, 1.165) is 17.7 Å². The molecule has 0 saturated carbocycles. The minimum atomic E-state index is -1.20. The number of amides is 1. The Labute approximate surface area is 172 Å². The van der Waals surface area contributed by atoms with Crippen LogP contribution in [-0.4, -0.2) is 18.0 Å². The van der Waals surface area contributed by atoms with Crippen LogP contribution in [0.1, 0.15) is 22.8 Å². The topological polar surface area (TPSA) is 64.6 Å². The highest BCUT2D eigenvalue weighted by atomic mass is 19.1. The standard InChI is InChI=1S/C23H19F2NO4/c1-15(22(27)26-21-11-10-18(24)13-20(21)25)30-23(28)17-8-5-9-19(12-17)29-14-16-6-3-2-4-7-16/h2-13,15H,14H2,1H3,(H,26,27)/t15-/m0/s1. The summed E-state index contributed by atoms with van der Waals surface area (Å²) in [6, 6.07) is 18.7. The van der Waals surface area contributed by atoms with E-state index in [0.29, 0.717) is 18.4 Å². The summed E-state index contributed by atoms with van der Waals surface area (Å²) >= 11 is 0. The van der Waals surface area contributed by atoms with Crippen molar-refractivity contribution < 1.29 is 27.8 Å². The van der Waals surface area contributed by atoms with Gasteiger partial charge in [-0.1, -0.05) is 36.4 Å². The van der Waals surface area contributed by atoms with Crippen LogP contribution < -0.4 is 10.1 Å². The Morgan fingerprint density at radius 2 is 1.73 bits per heavy atom. The van der Waals surface area contributed by atoms with Crippen molar-refractivity contribution >= 4 is 17.6 Å². The number of nitrogens with one attached hydrogen (secondary N) is 1. The molecule has 154 valence electrons. The van der Waals surface area contributed by atoms with Gasteiger partial charge in [-0.05, 0) is 42.8 Å². The Hall–Kier alpha value is -3.74. The average molecular weight is 411 g/mol. The van der Waals surface area contributed by atoms with E-state index in [1.165, 1.54) is 19.1 Å². The van der Waals surface area contributed by atoms with Crippen LogP contribution in [0.2, 0.25) is 0 Å². The summed E-state index contributed by atoms with van der Waals surface area (Å²) in [6.07, 6.45) is -1.20. The SMILES string of the molecule is C[C@H](OC(=O)c1cccc(OCc2ccccc2)c1)C(=O)Nc1ccc(F)cc1F. The third-order valence-corrected chi connectivity index (χ3v) is 4.16. The average Bonchev–Trinajstić information content (AvgIpc) is 2.75. The Morgan fingerprint density at radius 3 is 2.47 bits per heavy atom. The van der Waals surface area contributed by atoms with E-state index in [1.807, 2.05) is 30.3 Å². The van der Waals surface area contributed by atoms with E-state index in [1.54, 1.807) is 12.1 Å². The third kappa shape index (κ3) is 5.64. The first kappa shape index (κ1) is 21.0. The normalized spacial score (nSPS) is 11.4. The molecule has 0 aromatic heterocycles. The number of carbonyl (C=O) groups is 2. The quantitative estimate of drug-likeness (QED) is 0.571. The van der Waals surface area contributed by atoms with Gasteiger partial charge in [0.25, 0.3) is 5.91 Å². The van der Waals surface area contributed by atoms with Gasteiger partial charge in [0, 0.05) is 6.07 Å². The highest BCUT2D eigenvalue weighted by molar-refractivity contribution is 5.97. The molecule has 0 heterocycles. The van der Waals surface area contributed by atoms with Gasteiger partial charge in [0.2, 0.25) is 0 Å². The molecule has 0 aliphatic rings. The number of ether oxygens (including phenoxy) is 2. The second-order valence-corrected chi connectivity index (χ2v) is 6.46. The Balaban J connectivity index is 1.58. The number of esters is 1. The Kier molecular flexibility index (Phi) is 6.75. The number of halogens is 2. The van der Waals surface area contributed by atoms with E-state index < -0.39 is 29.6 Å². The van der Waals surface area contributed by atoms with Gasteiger partial charge in [-0.3, -0.25) is 4.79 Å². The Morgan fingerprint density at radius 1 is 0.967 bits per heavy atom. The highest BCUT2D eigenvalue weighted by Gasteiger charge is 2.20. The number of rotatable bonds is 7. The third-order valence-electron chi connectivity index (χ3n) is 4.16. The largest absolute Gasteiger partial charge is 0.489 e. The molecule has 0 saturated heterocycles. The minimum absolute atomic E-state index is 0.202. The van der Waals surface area contributed by atoms with Gasteiger partial charge in [-0.15, -0.1) is 0 Å². The summed E-state index contributed by atoms with van der Waals surface area (Å²) in [5, 5.41) is 2.26. The molecule has 1 amide bonds. The second kappa shape index (κ2) is 9.65. The zero-order valence-corrected chi connectivity index (χ0v) is 16.1. The number of anilines is 1. The molecule has 30 heavy (non-hydrogen) atoms. The molecular formula is C23H19F2NO4. The molecule has 3 rings (SSSR count). The molecule has 0 aliphatic heterocycles. The molecule has 5 nitrogen and oxygen atoms in total. The summed E-state index contributed by atoms with van der Waals surface area (Å²) in [7, 11) is 0. The second-order valence-electron chi connectivity index (χ2n) is 6.46. The van der Waals surface area contributed by atoms with E-state index in [9.17, 15) is 18.4 Å². The van der Waals surface area contributed by atoms with Crippen molar-refractivity contribution in [3.05, 3.63) is 95.6 Å². The number of benzene rings is 3. The van der Waals surface area contributed by atoms with Crippen LogP contribution in [0.15, 0.2) is 72.8 Å². The minimum Gasteiger partial charge on any atom is -0.489 e. The maximum absolute atomic E-state index is 13.7. The van der Waals surface area contributed by atoms with Crippen molar-refractivity contribution in [2.24, 2.45) is 0 Å². The van der Waals surface area contributed by atoms with Crippen LogP contribution >= 0.6 is 0 Å². The lowest BCUT2D eigenvalue weighted by molar-refractivity contribution is -0.123. The van der Waals surface area contributed by atoms with Crippen LogP contribution in [0.5, 0.6) is 5.75 Å². The highest BCUT2D eigenvalue weighted by Crippen LogP contribution is 2.18. The van der Waals surface area contributed by atoms with Gasteiger partial charge < -0.3 is 14.8 Å². The molecule has 1 N–H and O–H groups in total. The van der Waals surface area contributed by atoms with Gasteiger partial charge in [0.05, 0.1) is 11.3 Å². The van der Waals surface area contributed by atoms with Crippen molar-refractivity contribution in [3.8, 4) is 5.75 Å². The van der Waals surface area contributed by atoms with Gasteiger partial charge in [-0.25, -0.2) is 13.6 Å². The summed E-state index contributed by atoms with van der Waals surface area (Å²) in [4.78, 5) is 24.5. The zero-order chi connectivity index (χ0) is 21.5. The van der Waals surface area contributed by atoms with Gasteiger partial charge >= 0.3 is 5.97 Å². The molecule has 3 aromatic carbocycles. The molecular weight excluding hydrogens is 392 g/mol. The summed E-state index contributed by atoms with van der Waals surface area (Å²) in [5.41, 5.74) is 0.970. The van der Waals surface area contributed by atoms with Crippen LogP contribution in [0.25, 0.3) is 0 Å². The van der Waals surface area contributed by atoms with Gasteiger partial charge in [0.1, 0.15) is 24.0 Å². The molecule has 3 aromatic rings. The summed E-state index contributed by atoms with van der Waals surface area (Å²) < 4.78 is 37.4. The van der Waals surface area contributed by atoms with Crippen molar-refractivity contribution in [3.63, 3.8) is 0 Å². The van der Waals surface area contributed by atoms with E-state index in [4.69, 9.17) is 9.47 Å². The van der Waals surface area contributed by atoms with Crippen LogP contribution in [0.3, 0.4) is 0 Å². The predicted octanol–water partition coefficient (Wildman–Crippen LogP) is 4.73. The first-order chi connectivity index (χ1) is 14.4. The maximum Gasteiger partial charge on any atom is 0.339 e. The lowest BCUT2D eigenvalue weighted by atomic mass is 10.2. The fraction of sp³-hybridized carbons (Fsp3) is 0.130. The van der Waals surface area contributed by atoms with Crippen LogP contribution in [0.4, 0.5) is 14.5 Å². The number of carbonyl (C=O) groups excluding carboxylic acids is 2. The fourth-order valence-corrected chi connectivity index (χ4v) is 2.56. The van der Waals surface area contributed by atoms with Crippen LogP contribution in [0, 0.1) is 11.6 Å². The first-order valence-electron chi connectivity index (χ1n) is 9.16. The van der Waals surface area contributed by atoms with Crippen LogP contribution in [-0.2, 0) is 16.1 Å². The molecule has 0 fully saturated rings. The number of hydrogen-bond donors (Lipinski definition) is 1. The molecule has 0 bridgehead atoms. The zero-order valence-electron chi connectivity index (χ0n) is 16.1. The molecule has 0 unspecified atom stereocenters. The molecule has 7 heteroatoms. The van der Waals surface area contributed by atoms with Crippen molar-refractivity contribution in [1.82, 2.24) is 0 Å². The molecule has 0 radical (unpaired) electrons. The van der Waals surface area contributed by atoms with Gasteiger partial charge in [-0.2, -0.15) is 0 Å². The molecule has 1 atom stereocenters. The summed E-state index contributed by atoms with van der Waals surface area (Å²) in [5.74, 6) is -2.70. The Bertz CT molecular complexity index is 1040. The first-order valence-corrected chi connectivity index (χ1v) is 9.16. The smallest absolute Gasteiger partial charge is 0.339 e. The maximum atomic E-state index is 13.7. The predicted molar refractivity (Wildman–Crippen MR) is 107 cm³/mol. The van der Waals surface area contributed by atoms with E-state index in [2.05, 4.69) is 5.32 Å². The van der Waals surface area contributed by atoms with Crippen molar-refractivity contribution in [2.75, 3.05) is 5.32 Å². The number of hydrogen-bond acceptors (Lipinski definition) is 4. The fourth-order valence-electron chi connectivity index (χ4n) is 2.56. The van der Waals surface area contributed by atoms with E-state index >= 15 is 0 Å². The van der Waals surface area contributed by atoms with E-state index in [-0.39, 0.29) is 11.3 Å². The monoisotopic (exact) mass is 411 g/mol. The van der Waals surface area contributed by atoms with Gasteiger partial charge in [0.15, 0.2) is 6.10 Å². The van der Waals surface area contributed by atoms with Crippen molar-refractivity contribution in [1.29, 1.82) is 0 Å². The van der Waals surface area contributed by atoms with Crippen molar-refractivity contribution in [2.45, 2.75) is 19.6 Å². The summed E-state index contributed by atoms with van der Waals surface area (Å²) in [6.45, 7) is 1.69. The molecule has 0 spiro atoms. The lowest BCUT2D eigenvalue weighted by Crippen LogP contribution is -2.30. The lowest BCUT2D eigenvalue weighted by Gasteiger charge is -2.14.